The number of aromatic nitrogens is 1. The summed E-state index contributed by atoms with van der Waals surface area (Å²) in [5.41, 5.74) is 6.61. The molecule has 0 unspecified atom stereocenters. The Balaban J connectivity index is 1.86. The molecular weight excluding hydrogens is 344 g/mol. The number of nitrogens with zero attached hydrogens (tertiary/aromatic N) is 2. The smallest absolute Gasteiger partial charge is 0.211 e. The second-order valence-corrected chi connectivity index (χ2v) is 7.97. The monoisotopic (exact) mass is 362 g/mol. The lowest BCUT2D eigenvalue weighted by molar-refractivity contribution is 0.283. The highest BCUT2D eigenvalue weighted by Crippen LogP contribution is 2.23. The molecular formula is C12H19BrN4O2S. The zero-order valence-electron chi connectivity index (χ0n) is 11.3. The van der Waals surface area contributed by atoms with E-state index in [1.807, 2.05) is 6.07 Å². The van der Waals surface area contributed by atoms with Crippen molar-refractivity contribution < 1.29 is 8.42 Å². The van der Waals surface area contributed by atoms with E-state index in [-0.39, 0.29) is 0 Å². The first kappa shape index (κ1) is 15.5. The topological polar surface area (TPSA) is 88.3 Å². The van der Waals surface area contributed by atoms with Crippen molar-refractivity contribution in [2.45, 2.75) is 12.8 Å². The third-order valence-corrected chi connectivity index (χ3v) is 5.25. The zero-order valence-corrected chi connectivity index (χ0v) is 13.7. The minimum atomic E-state index is -3.05. The van der Waals surface area contributed by atoms with Gasteiger partial charge in [-0.2, -0.15) is 0 Å². The van der Waals surface area contributed by atoms with Crippen LogP contribution in [0.25, 0.3) is 0 Å². The minimum absolute atomic E-state index is 0.450. The second-order valence-electron chi connectivity index (χ2n) is 5.07. The number of nitrogens with two attached hydrogens (primary N) is 1. The fourth-order valence-electron chi connectivity index (χ4n) is 2.29. The quantitative estimate of drug-likeness (QED) is 0.847. The van der Waals surface area contributed by atoms with Gasteiger partial charge in [-0.25, -0.2) is 17.7 Å². The van der Waals surface area contributed by atoms with Crippen LogP contribution < -0.4 is 11.1 Å². The molecule has 0 atom stereocenters. The molecule has 3 N–H and O–H groups in total. The van der Waals surface area contributed by atoms with Crippen molar-refractivity contribution in [1.29, 1.82) is 0 Å². The number of sulfonamides is 1. The highest BCUT2D eigenvalue weighted by molar-refractivity contribution is 9.10. The highest BCUT2D eigenvalue weighted by atomic mass is 79.9. The van der Waals surface area contributed by atoms with Gasteiger partial charge in [-0.05, 0) is 40.8 Å². The van der Waals surface area contributed by atoms with Crippen molar-refractivity contribution in [1.82, 2.24) is 9.29 Å². The minimum Gasteiger partial charge on any atom is -0.382 e. The third kappa shape index (κ3) is 4.07. The fourth-order valence-corrected chi connectivity index (χ4v) is 3.50. The molecule has 0 aliphatic carbocycles. The SMILES string of the molecule is CS(=O)(=O)N1CCC(CNc2cc(Br)cnc2N)CC1. The standard InChI is InChI=1S/C12H19BrN4O2S/c1-20(18,19)17-4-2-9(3-5-17)7-15-11-6-10(13)8-16-12(11)14/h6,8-9,15H,2-5,7H2,1H3,(H2,14,16). The number of nitrogens with one attached hydrogen (secondary N) is 1. The largest absolute Gasteiger partial charge is 0.382 e. The molecule has 0 amide bonds. The van der Waals surface area contributed by atoms with Crippen LogP contribution in [0.1, 0.15) is 12.8 Å². The van der Waals surface area contributed by atoms with Gasteiger partial charge in [-0.3, -0.25) is 0 Å². The number of pyridine rings is 1. The first-order chi connectivity index (χ1) is 9.36. The first-order valence-electron chi connectivity index (χ1n) is 6.46. The molecule has 1 saturated heterocycles. The average Bonchev–Trinajstić information content (AvgIpc) is 2.39. The summed E-state index contributed by atoms with van der Waals surface area (Å²) in [4.78, 5) is 4.07. The molecule has 6 nitrogen and oxygen atoms in total. The molecule has 2 rings (SSSR count). The van der Waals surface area contributed by atoms with Crippen LogP contribution in [0, 0.1) is 5.92 Å². The Morgan fingerprint density at radius 1 is 1.50 bits per heavy atom. The maximum Gasteiger partial charge on any atom is 0.211 e. The number of halogens is 1. The van der Waals surface area contributed by atoms with Gasteiger partial charge < -0.3 is 11.1 Å². The summed E-state index contributed by atoms with van der Waals surface area (Å²) < 4.78 is 25.3. The van der Waals surface area contributed by atoms with Crippen LogP contribution >= 0.6 is 15.9 Å². The van der Waals surface area contributed by atoms with Gasteiger partial charge in [0.15, 0.2) is 0 Å². The number of anilines is 2. The van der Waals surface area contributed by atoms with Crippen LogP contribution in [-0.2, 0) is 10.0 Å². The van der Waals surface area contributed by atoms with Crippen LogP contribution in [0.15, 0.2) is 16.7 Å². The first-order valence-corrected chi connectivity index (χ1v) is 9.10. The van der Waals surface area contributed by atoms with E-state index in [1.54, 1.807) is 10.5 Å². The summed E-state index contributed by atoms with van der Waals surface area (Å²) in [5, 5.41) is 3.29. The van der Waals surface area contributed by atoms with Gasteiger partial charge in [0.2, 0.25) is 10.0 Å². The van der Waals surface area contributed by atoms with Crippen molar-refractivity contribution in [2.24, 2.45) is 5.92 Å². The number of piperidine rings is 1. The Labute approximate surface area is 127 Å². The molecule has 0 bridgehead atoms. The molecule has 0 aromatic carbocycles. The number of hydrogen-bond donors (Lipinski definition) is 2. The second kappa shape index (κ2) is 6.28. The lowest BCUT2D eigenvalue weighted by Crippen LogP contribution is -2.39. The van der Waals surface area contributed by atoms with Crippen molar-refractivity contribution in [3.05, 3.63) is 16.7 Å². The lowest BCUT2D eigenvalue weighted by Gasteiger charge is -2.30. The Bertz CT molecular complexity index is 571. The molecule has 1 fully saturated rings. The molecule has 0 radical (unpaired) electrons. The fraction of sp³-hybridized carbons (Fsp3) is 0.583. The molecule has 2 heterocycles. The molecule has 8 heteroatoms. The molecule has 20 heavy (non-hydrogen) atoms. The van der Waals surface area contributed by atoms with Gasteiger partial charge in [0, 0.05) is 30.3 Å². The van der Waals surface area contributed by atoms with Gasteiger partial charge in [-0.15, -0.1) is 0 Å². The lowest BCUT2D eigenvalue weighted by atomic mass is 9.98. The molecule has 0 spiro atoms. The van der Waals surface area contributed by atoms with Crippen molar-refractivity contribution in [2.75, 3.05) is 36.9 Å². The van der Waals surface area contributed by atoms with E-state index in [4.69, 9.17) is 5.73 Å². The van der Waals surface area contributed by atoms with Gasteiger partial charge in [0.05, 0.1) is 11.9 Å². The van der Waals surface area contributed by atoms with E-state index in [0.29, 0.717) is 24.8 Å². The molecule has 1 aliphatic rings. The summed E-state index contributed by atoms with van der Waals surface area (Å²) in [6, 6.07) is 1.90. The van der Waals surface area contributed by atoms with E-state index < -0.39 is 10.0 Å². The maximum atomic E-state index is 11.4. The van der Waals surface area contributed by atoms with E-state index in [9.17, 15) is 8.42 Å². The van der Waals surface area contributed by atoms with Crippen LogP contribution in [0.2, 0.25) is 0 Å². The Morgan fingerprint density at radius 2 is 2.15 bits per heavy atom. The van der Waals surface area contributed by atoms with Gasteiger partial charge in [-0.1, -0.05) is 0 Å². The van der Waals surface area contributed by atoms with Gasteiger partial charge in [0.1, 0.15) is 5.82 Å². The summed E-state index contributed by atoms with van der Waals surface area (Å²) in [6.07, 6.45) is 4.65. The predicted octanol–water partition coefficient (Wildman–Crippen LogP) is 1.51. The summed E-state index contributed by atoms with van der Waals surface area (Å²) in [5.74, 6) is 0.924. The van der Waals surface area contributed by atoms with Crippen molar-refractivity contribution in [3.63, 3.8) is 0 Å². The van der Waals surface area contributed by atoms with Crippen LogP contribution in [-0.4, -0.2) is 43.6 Å². The predicted molar refractivity (Wildman–Crippen MR) is 84.0 cm³/mol. The van der Waals surface area contributed by atoms with E-state index in [1.165, 1.54) is 6.26 Å². The Morgan fingerprint density at radius 3 is 2.75 bits per heavy atom. The zero-order chi connectivity index (χ0) is 14.8. The summed E-state index contributed by atoms with van der Waals surface area (Å²) >= 11 is 3.36. The normalized spacial score (nSPS) is 18.1. The summed E-state index contributed by atoms with van der Waals surface area (Å²) in [6.45, 7) is 1.97. The number of nitrogen functional groups attached to an aromatic ring is 1. The molecule has 1 aliphatic heterocycles. The Kier molecular flexibility index (Phi) is 4.87. The van der Waals surface area contributed by atoms with Crippen LogP contribution in [0.3, 0.4) is 0 Å². The van der Waals surface area contributed by atoms with E-state index in [2.05, 4.69) is 26.2 Å². The molecule has 112 valence electrons. The number of rotatable bonds is 4. The number of hydrogen-bond acceptors (Lipinski definition) is 5. The van der Waals surface area contributed by atoms with Gasteiger partial charge in [0.25, 0.3) is 0 Å². The van der Waals surface area contributed by atoms with Crippen molar-refractivity contribution in [3.8, 4) is 0 Å². The third-order valence-electron chi connectivity index (χ3n) is 3.51. The molecule has 0 saturated carbocycles. The van der Waals surface area contributed by atoms with Crippen LogP contribution in [0.5, 0.6) is 0 Å². The van der Waals surface area contributed by atoms with Crippen LogP contribution in [0.4, 0.5) is 11.5 Å². The van der Waals surface area contributed by atoms with E-state index in [0.717, 1.165) is 29.5 Å². The molecule has 1 aromatic heterocycles. The van der Waals surface area contributed by atoms with Gasteiger partial charge >= 0.3 is 0 Å². The van der Waals surface area contributed by atoms with E-state index >= 15 is 0 Å². The van der Waals surface area contributed by atoms with Crippen molar-refractivity contribution >= 4 is 37.5 Å². The molecule has 1 aromatic rings. The highest BCUT2D eigenvalue weighted by Gasteiger charge is 2.24. The maximum absolute atomic E-state index is 11.4. The average molecular weight is 363 g/mol. The Hall–Kier alpha value is -0.860. The summed E-state index contributed by atoms with van der Waals surface area (Å²) in [7, 11) is -3.05.